The number of esters is 1. The second-order valence-electron chi connectivity index (χ2n) is 5.33. The van der Waals surface area contributed by atoms with Crippen molar-refractivity contribution in [1.29, 1.82) is 0 Å². The Morgan fingerprint density at radius 1 is 1.25 bits per heavy atom. The van der Waals surface area contributed by atoms with Crippen LogP contribution in [0.2, 0.25) is 0 Å². The molecule has 7 heteroatoms. The summed E-state index contributed by atoms with van der Waals surface area (Å²) in [5, 5.41) is 0. The highest BCUT2D eigenvalue weighted by atomic mass is 32.2. The number of methoxy groups -OCH3 is 1. The van der Waals surface area contributed by atoms with Crippen LogP contribution >= 0.6 is 0 Å². The summed E-state index contributed by atoms with van der Waals surface area (Å²) in [7, 11) is -2.13. The van der Waals surface area contributed by atoms with E-state index in [0.29, 0.717) is 19.6 Å². The third kappa shape index (κ3) is 3.71. The van der Waals surface area contributed by atoms with Crippen molar-refractivity contribution in [2.75, 3.05) is 33.3 Å². The molecule has 20 heavy (non-hydrogen) atoms. The van der Waals surface area contributed by atoms with Crippen LogP contribution in [0.1, 0.15) is 33.6 Å². The predicted molar refractivity (Wildman–Crippen MR) is 77.3 cm³/mol. The number of ether oxygens (including phenoxy) is 1. The number of rotatable bonds is 7. The van der Waals surface area contributed by atoms with Gasteiger partial charge in [-0.1, -0.05) is 20.8 Å². The number of hydrogen-bond donors (Lipinski definition) is 0. The lowest BCUT2D eigenvalue weighted by Gasteiger charge is -2.26. The molecule has 0 radical (unpaired) electrons. The fourth-order valence-electron chi connectivity index (χ4n) is 2.57. The monoisotopic (exact) mass is 306 g/mol. The minimum atomic E-state index is -3.47. The first-order valence-electron chi connectivity index (χ1n) is 7.21. The molecule has 1 aliphatic heterocycles. The molecular weight excluding hydrogens is 280 g/mol. The van der Waals surface area contributed by atoms with Crippen LogP contribution in [0.4, 0.5) is 0 Å². The Hall–Kier alpha value is -0.660. The maximum Gasteiger partial charge on any atom is 0.310 e. The zero-order valence-corrected chi connectivity index (χ0v) is 13.6. The van der Waals surface area contributed by atoms with E-state index in [0.717, 1.165) is 12.8 Å². The molecule has 6 nitrogen and oxygen atoms in total. The second kappa shape index (κ2) is 7.38. The van der Waals surface area contributed by atoms with Crippen LogP contribution < -0.4 is 0 Å². The zero-order chi connectivity index (χ0) is 15.3. The number of carbonyl (C=O) groups is 1. The van der Waals surface area contributed by atoms with Gasteiger partial charge < -0.3 is 4.74 Å². The summed E-state index contributed by atoms with van der Waals surface area (Å²) in [5.74, 6) is -0.699. The van der Waals surface area contributed by atoms with Crippen LogP contribution in [0.15, 0.2) is 0 Å². The van der Waals surface area contributed by atoms with Crippen molar-refractivity contribution in [3.63, 3.8) is 0 Å². The lowest BCUT2D eigenvalue weighted by Crippen LogP contribution is -2.43. The summed E-state index contributed by atoms with van der Waals surface area (Å²) in [6, 6.07) is 0. The van der Waals surface area contributed by atoms with Gasteiger partial charge in [-0.2, -0.15) is 17.0 Å². The fraction of sp³-hybridized carbons (Fsp3) is 0.923. The SMILES string of the molecule is CCCN(CCC)S(=O)(=O)N1CC(C)C(C(=O)OC)C1. The Morgan fingerprint density at radius 2 is 1.80 bits per heavy atom. The molecule has 1 aliphatic rings. The molecule has 0 aliphatic carbocycles. The van der Waals surface area contributed by atoms with Crippen molar-refractivity contribution >= 4 is 16.2 Å². The van der Waals surface area contributed by atoms with E-state index in [2.05, 4.69) is 0 Å². The van der Waals surface area contributed by atoms with Gasteiger partial charge in [-0.3, -0.25) is 4.79 Å². The van der Waals surface area contributed by atoms with Gasteiger partial charge in [0.2, 0.25) is 0 Å². The third-order valence-electron chi connectivity index (χ3n) is 3.68. The van der Waals surface area contributed by atoms with Gasteiger partial charge in [-0.15, -0.1) is 0 Å². The van der Waals surface area contributed by atoms with E-state index in [1.54, 1.807) is 0 Å². The number of nitrogens with zero attached hydrogens (tertiary/aromatic N) is 2. The standard InChI is InChI=1S/C13H26N2O4S/c1-5-7-14(8-6-2)20(17,18)15-9-11(3)12(10-15)13(16)19-4/h11-12H,5-10H2,1-4H3. The second-order valence-corrected chi connectivity index (χ2v) is 7.26. The van der Waals surface area contributed by atoms with Crippen LogP contribution in [0.25, 0.3) is 0 Å². The summed E-state index contributed by atoms with van der Waals surface area (Å²) in [4.78, 5) is 11.7. The molecule has 118 valence electrons. The summed E-state index contributed by atoms with van der Waals surface area (Å²) in [6.07, 6.45) is 1.56. The molecule has 1 rings (SSSR count). The highest BCUT2D eigenvalue weighted by molar-refractivity contribution is 7.86. The van der Waals surface area contributed by atoms with Crippen molar-refractivity contribution < 1.29 is 17.9 Å². The van der Waals surface area contributed by atoms with E-state index in [1.807, 2.05) is 20.8 Å². The molecule has 0 N–H and O–H groups in total. The highest BCUT2D eigenvalue weighted by Crippen LogP contribution is 2.27. The van der Waals surface area contributed by atoms with Crippen molar-refractivity contribution in [2.24, 2.45) is 11.8 Å². The molecule has 2 atom stereocenters. The van der Waals surface area contributed by atoms with Crippen molar-refractivity contribution in [1.82, 2.24) is 8.61 Å². The van der Waals surface area contributed by atoms with E-state index < -0.39 is 10.2 Å². The molecule has 0 amide bonds. The molecule has 1 fully saturated rings. The maximum atomic E-state index is 12.6. The Kier molecular flexibility index (Phi) is 6.42. The number of hydrogen-bond acceptors (Lipinski definition) is 4. The highest BCUT2D eigenvalue weighted by Gasteiger charge is 2.42. The minimum Gasteiger partial charge on any atom is -0.469 e. The van der Waals surface area contributed by atoms with Gasteiger partial charge in [0.15, 0.2) is 0 Å². The first-order chi connectivity index (χ1) is 9.38. The molecule has 0 aromatic carbocycles. The lowest BCUT2D eigenvalue weighted by molar-refractivity contribution is -0.145. The summed E-state index contributed by atoms with van der Waals surface area (Å²) >= 11 is 0. The largest absolute Gasteiger partial charge is 0.469 e. The van der Waals surface area contributed by atoms with Gasteiger partial charge in [-0.05, 0) is 18.8 Å². The molecule has 0 saturated carbocycles. The fourth-order valence-corrected chi connectivity index (χ4v) is 4.50. The van der Waals surface area contributed by atoms with Gasteiger partial charge in [0.05, 0.1) is 13.0 Å². The Labute approximate surface area is 122 Å². The summed E-state index contributed by atoms with van der Waals surface area (Å²) in [6.45, 7) is 7.45. The van der Waals surface area contributed by atoms with Crippen LogP contribution in [0, 0.1) is 11.8 Å². The quantitative estimate of drug-likeness (QED) is 0.661. The predicted octanol–water partition coefficient (Wildman–Crippen LogP) is 1.09. The molecule has 1 saturated heterocycles. The van der Waals surface area contributed by atoms with Crippen molar-refractivity contribution in [3.8, 4) is 0 Å². The molecule has 0 bridgehead atoms. The first kappa shape index (κ1) is 17.4. The Bertz CT molecular complexity index is 418. The topological polar surface area (TPSA) is 66.9 Å². The van der Waals surface area contributed by atoms with Crippen LogP contribution in [0.5, 0.6) is 0 Å². The molecule has 0 aromatic heterocycles. The smallest absolute Gasteiger partial charge is 0.310 e. The molecule has 0 spiro atoms. The molecule has 2 unspecified atom stereocenters. The van der Waals surface area contributed by atoms with E-state index in [4.69, 9.17) is 4.74 Å². The molecule has 0 aromatic rings. The van der Waals surface area contributed by atoms with Crippen molar-refractivity contribution in [3.05, 3.63) is 0 Å². The third-order valence-corrected chi connectivity index (χ3v) is 5.65. The summed E-state index contributed by atoms with van der Waals surface area (Å²) in [5.41, 5.74) is 0. The maximum absolute atomic E-state index is 12.6. The van der Waals surface area contributed by atoms with Gasteiger partial charge >= 0.3 is 5.97 Å². The molecular formula is C13H26N2O4S. The van der Waals surface area contributed by atoms with Crippen LogP contribution in [-0.2, 0) is 19.7 Å². The average molecular weight is 306 g/mol. The molecule has 1 heterocycles. The van der Waals surface area contributed by atoms with E-state index in [-0.39, 0.29) is 24.3 Å². The van der Waals surface area contributed by atoms with Gasteiger partial charge in [0.1, 0.15) is 0 Å². The lowest BCUT2D eigenvalue weighted by atomic mass is 9.99. The minimum absolute atomic E-state index is 0.0117. The van der Waals surface area contributed by atoms with E-state index in [9.17, 15) is 13.2 Å². The number of carbonyl (C=O) groups excluding carboxylic acids is 1. The van der Waals surface area contributed by atoms with E-state index in [1.165, 1.54) is 15.7 Å². The van der Waals surface area contributed by atoms with Crippen LogP contribution in [0.3, 0.4) is 0 Å². The average Bonchev–Trinajstić information content (AvgIpc) is 2.80. The van der Waals surface area contributed by atoms with E-state index >= 15 is 0 Å². The van der Waals surface area contributed by atoms with Gasteiger partial charge in [0, 0.05) is 26.2 Å². The normalized spacial score (nSPS) is 24.2. The Balaban J connectivity index is 2.85. The first-order valence-corrected chi connectivity index (χ1v) is 8.61. The van der Waals surface area contributed by atoms with Gasteiger partial charge in [-0.25, -0.2) is 0 Å². The van der Waals surface area contributed by atoms with Crippen molar-refractivity contribution in [2.45, 2.75) is 33.6 Å². The summed E-state index contributed by atoms with van der Waals surface area (Å²) < 4.78 is 32.9. The van der Waals surface area contributed by atoms with Gasteiger partial charge in [0.25, 0.3) is 10.2 Å². The van der Waals surface area contributed by atoms with Crippen LogP contribution in [-0.4, -0.2) is 56.3 Å². The Morgan fingerprint density at radius 3 is 2.25 bits per heavy atom. The zero-order valence-electron chi connectivity index (χ0n) is 12.8.